The summed E-state index contributed by atoms with van der Waals surface area (Å²) in [6.07, 6.45) is 1.10. The van der Waals surface area contributed by atoms with Crippen molar-refractivity contribution in [1.29, 1.82) is 0 Å². The van der Waals surface area contributed by atoms with Crippen LogP contribution in [0.15, 0.2) is 23.0 Å². The molecule has 6 nitrogen and oxygen atoms in total. The van der Waals surface area contributed by atoms with Gasteiger partial charge in [-0.2, -0.15) is 4.98 Å². The highest BCUT2D eigenvalue weighted by molar-refractivity contribution is 6.52. The Labute approximate surface area is 110 Å². The van der Waals surface area contributed by atoms with E-state index in [-0.39, 0.29) is 28.6 Å². The highest BCUT2D eigenvalue weighted by Crippen LogP contribution is 2.33. The quantitative estimate of drug-likeness (QED) is 0.781. The lowest BCUT2D eigenvalue weighted by Gasteiger charge is -2.14. The Morgan fingerprint density at radius 2 is 2.16 bits per heavy atom. The molecule has 0 aliphatic carbocycles. The molecular weight excluding hydrogens is 277 g/mol. The van der Waals surface area contributed by atoms with Gasteiger partial charge in [0.1, 0.15) is 5.82 Å². The van der Waals surface area contributed by atoms with Crippen LogP contribution in [0.1, 0.15) is 16.2 Å². The topological polar surface area (TPSA) is 76.3 Å². The Hall–Kier alpha value is -2.28. The molecule has 1 aliphatic rings. The molecule has 1 aromatic carbocycles. The highest BCUT2D eigenvalue weighted by Gasteiger charge is 2.37. The number of carbonyl (C=O) groups excluding carboxylic acids is 2. The van der Waals surface area contributed by atoms with Gasteiger partial charge in [0.05, 0.1) is 22.8 Å². The lowest BCUT2D eigenvalue weighted by Crippen LogP contribution is -2.29. The number of rotatable bonds is 2. The third-order valence-electron chi connectivity index (χ3n) is 2.72. The normalized spacial score (nSPS) is 14.1. The molecule has 0 atom stereocenters. The van der Waals surface area contributed by atoms with Gasteiger partial charge in [-0.1, -0.05) is 16.8 Å². The molecule has 19 heavy (non-hydrogen) atoms. The zero-order valence-corrected chi connectivity index (χ0v) is 10.0. The Bertz CT molecular complexity index is 687. The number of fused-ring (bicyclic) bond motifs is 1. The van der Waals surface area contributed by atoms with Crippen LogP contribution >= 0.6 is 11.6 Å². The van der Waals surface area contributed by atoms with Crippen LogP contribution in [-0.4, -0.2) is 21.8 Å². The van der Waals surface area contributed by atoms with E-state index in [0.29, 0.717) is 0 Å². The summed E-state index contributed by atoms with van der Waals surface area (Å²) >= 11 is 5.60. The highest BCUT2D eigenvalue weighted by atomic mass is 35.5. The van der Waals surface area contributed by atoms with E-state index in [1.165, 1.54) is 0 Å². The lowest BCUT2D eigenvalue weighted by atomic mass is 10.1. The van der Waals surface area contributed by atoms with Crippen molar-refractivity contribution in [2.75, 3.05) is 4.90 Å². The number of anilines is 1. The van der Waals surface area contributed by atoms with Gasteiger partial charge in [0.2, 0.25) is 6.39 Å². The van der Waals surface area contributed by atoms with Crippen LogP contribution in [0, 0.1) is 5.82 Å². The molecule has 0 saturated carbocycles. The minimum absolute atomic E-state index is 0.0693. The molecule has 96 valence electrons. The number of Topliss-reactive ketones (excluding diaryl/α,β-unsaturated/α-hetero) is 1. The molecule has 3 rings (SSSR count). The second-order valence-corrected chi connectivity index (χ2v) is 4.26. The SMILES string of the molecule is O=C1C(=O)N(Cc2ncon2)c2cc(F)c(Cl)cc21. The van der Waals surface area contributed by atoms with Crippen molar-refractivity contribution in [2.45, 2.75) is 6.54 Å². The molecule has 2 heterocycles. The smallest absolute Gasteiger partial charge is 0.299 e. The maximum absolute atomic E-state index is 13.4. The van der Waals surface area contributed by atoms with Crippen molar-refractivity contribution in [3.63, 3.8) is 0 Å². The maximum Gasteiger partial charge on any atom is 0.299 e. The van der Waals surface area contributed by atoms with Gasteiger partial charge in [0, 0.05) is 0 Å². The first-order chi connectivity index (χ1) is 9.08. The zero-order valence-electron chi connectivity index (χ0n) is 9.26. The molecule has 0 bridgehead atoms. The van der Waals surface area contributed by atoms with E-state index in [1.54, 1.807) is 0 Å². The fraction of sp³-hybridized carbons (Fsp3) is 0.0909. The predicted octanol–water partition coefficient (Wildman–Crippen LogP) is 1.59. The number of ketones is 1. The van der Waals surface area contributed by atoms with Gasteiger partial charge in [-0.15, -0.1) is 0 Å². The van der Waals surface area contributed by atoms with Crippen molar-refractivity contribution in [3.8, 4) is 0 Å². The number of amides is 1. The fourth-order valence-corrected chi connectivity index (χ4v) is 2.01. The van der Waals surface area contributed by atoms with E-state index in [4.69, 9.17) is 11.6 Å². The molecule has 1 amide bonds. The van der Waals surface area contributed by atoms with Crippen molar-refractivity contribution in [2.24, 2.45) is 0 Å². The third-order valence-corrected chi connectivity index (χ3v) is 3.01. The predicted molar refractivity (Wildman–Crippen MR) is 61.2 cm³/mol. The number of aromatic nitrogens is 2. The minimum atomic E-state index is -0.776. The fourth-order valence-electron chi connectivity index (χ4n) is 1.85. The van der Waals surface area contributed by atoms with Crippen LogP contribution in [-0.2, 0) is 11.3 Å². The lowest BCUT2D eigenvalue weighted by molar-refractivity contribution is -0.114. The molecule has 1 aliphatic heterocycles. The molecule has 1 aromatic heterocycles. The van der Waals surface area contributed by atoms with E-state index in [9.17, 15) is 14.0 Å². The molecule has 0 saturated heterocycles. The van der Waals surface area contributed by atoms with E-state index in [2.05, 4.69) is 14.7 Å². The van der Waals surface area contributed by atoms with Crippen LogP contribution in [0.3, 0.4) is 0 Å². The summed E-state index contributed by atoms with van der Waals surface area (Å²) in [7, 11) is 0. The first-order valence-electron chi connectivity index (χ1n) is 5.18. The van der Waals surface area contributed by atoms with Gasteiger partial charge in [-0.25, -0.2) is 4.39 Å². The van der Waals surface area contributed by atoms with Crippen LogP contribution < -0.4 is 4.90 Å². The molecule has 2 aromatic rings. The number of halogens is 2. The van der Waals surface area contributed by atoms with Crippen molar-refractivity contribution >= 4 is 29.0 Å². The van der Waals surface area contributed by atoms with Gasteiger partial charge in [-0.05, 0) is 12.1 Å². The van der Waals surface area contributed by atoms with Crippen LogP contribution in [0.4, 0.5) is 10.1 Å². The van der Waals surface area contributed by atoms with E-state index < -0.39 is 17.5 Å². The van der Waals surface area contributed by atoms with Crippen LogP contribution in [0.2, 0.25) is 5.02 Å². The standard InChI is InChI=1S/C11H5ClFN3O3/c12-6-1-5-8(2-7(6)13)16(11(18)10(5)17)3-9-14-4-19-15-9/h1-2,4H,3H2. The Morgan fingerprint density at radius 1 is 1.37 bits per heavy atom. The molecule has 0 N–H and O–H groups in total. The van der Waals surface area contributed by atoms with E-state index in [1.807, 2.05) is 0 Å². The maximum atomic E-state index is 13.4. The number of carbonyl (C=O) groups is 2. The third kappa shape index (κ3) is 1.78. The average molecular weight is 282 g/mol. The van der Waals surface area contributed by atoms with E-state index >= 15 is 0 Å². The summed E-state index contributed by atoms with van der Waals surface area (Å²) < 4.78 is 18.0. The van der Waals surface area contributed by atoms with Crippen molar-refractivity contribution in [3.05, 3.63) is 40.8 Å². The first kappa shape index (κ1) is 11.8. The number of hydrogen-bond acceptors (Lipinski definition) is 5. The molecule has 8 heteroatoms. The molecule has 0 spiro atoms. The summed E-state index contributed by atoms with van der Waals surface area (Å²) in [5.74, 6) is -2.01. The second-order valence-electron chi connectivity index (χ2n) is 3.85. The molecule has 0 fully saturated rings. The summed E-state index contributed by atoms with van der Waals surface area (Å²) in [6, 6.07) is 2.18. The van der Waals surface area contributed by atoms with Gasteiger partial charge in [0.15, 0.2) is 5.82 Å². The summed E-state index contributed by atoms with van der Waals surface area (Å²) in [5, 5.41) is 3.33. The summed E-state index contributed by atoms with van der Waals surface area (Å²) in [6.45, 7) is -0.0743. The second kappa shape index (κ2) is 4.13. The van der Waals surface area contributed by atoms with Gasteiger partial charge < -0.3 is 4.52 Å². The summed E-state index contributed by atoms with van der Waals surface area (Å²) in [5.41, 5.74) is 0.224. The van der Waals surface area contributed by atoms with Gasteiger partial charge >= 0.3 is 0 Å². The largest absolute Gasteiger partial charge is 0.343 e. The van der Waals surface area contributed by atoms with Crippen LogP contribution in [0.25, 0.3) is 0 Å². The van der Waals surface area contributed by atoms with Gasteiger partial charge in [-0.3, -0.25) is 14.5 Å². The van der Waals surface area contributed by atoms with Gasteiger partial charge in [0.25, 0.3) is 11.7 Å². The Morgan fingerprint density at radius 3 is 2.84 bits per heavy atom. The van der Waals surface area contributed by atoms with E-state index in [0.717, 1.165) is 23.4 Å². The molecular formula is C11H5ClFN3O3. The summed E-state index contributed by atoms with van der Waals surface area (Å²) in [4.78, 5) is 28.4. The van der Waals surface area contributed by atoms with Crippen molar-refractivity contribution in [1.82, 2.24) is 10.1 Å². The Kier molecular flexibility index (Phi) is 2.56. The van der Waals surface area contributed by atoms with Crippen molar-refractivity contribution < 1.29 is 18.5 Å². The zero-order chi connectivity index (χ0) is 13.6. The minimum Gasteiger partial charge on any atom is -0.343 e. The van der Waals surface area contributed by atoms with Crippen LogP contribution in [0.5, 0.6) is 0 Å². The first-order valence-corrected chi connectivity index (χ1v) is 5.56. The molecule has 0 unspecified atom stereocenters. The number of hydrogen-bond donors (Lipinski definition) is 0. The Balaban J connectivity index is 2.06. The monoisotopic (exact) mass is 281 g/mol. The number of nitrogens with zero attached hydrogens (tertiary/aromatic N) is 3. The average Bonchev–Trinajstić information content (AvgIpc) is 2.96. The molecule has 0 radical (unpaired) electrons. The number of benzene rings is 1.